The summed E-state index contributed by atoms with van der Waals surface area (Å²) < 4.78 is 5.27. The van der Waals surface area contributed by atoms with Crippen molar-refractivity contribution in [2.75, 3.05) is 29.5 Å². The van der Waals surface area contributed by atoms with Crippen LogP contribution in [0.5, 0.6) is 5.75 Å². The molecule has 1 unspecified atom stereocenters. The highest BCUT2D eigenvalue weighted by molar-refractivity contribution is 5.97. The molecule has 104 valence electrons. The van der Waals surface area contributed by atoms with Crippen LogP contribution in [0.15, 0.2) is 12.1 Å². The van der Waals surface area contributed by atoms with Gasteiger partial charge in [-0.15, -0.1) is 0 Å². The lowest BCUT2D eigenvalue weighted by molar-refractivity contribution is -0.118. The summed E-state index contributed by atoms with van der Waals surface area (Å²) >= 11 is 0. The first-order valence-electron chi connectivity index (χ1n) is 6.38. The Morgan fingerprint density at radius 3 is 3.11 bits per heavy atom. The monoisotopic (exact) mass is 265 g/mol. The Kier molecular flexibility index (Phi) is 4.11. The normalized spacial score (nSPS) is 15.2. The maximum Gasteiger partial charge on any atom is 0.262 e. The van der Waals surface area contributed by atoms with Gasteiger partial charge in [-0.1, -0.05) is 13.3 Å². The number of nitrogen functional groups attached to an aromatic ring is 1. The predicted molar refractivity (Wildman–Crippen MR) is 74.4 cm³/mol. The lowest BCUT2D eigenvalue weighted by Crippen LogP contribution is -2.26. The average Bonchev–Trinajstić information content (AvgIpc) is 2.37. The van der Waals surface area contributed by atoms with Crippen molar-refractivity contribution < 1.29 is 14.6 Å². The molecule has 5 N–H and O–H groups in total. The van der Waals surface area contributed by atoms with Gasteiger partial charge >= 0.3 is 0 Å². The van der Waals surface area contributed by atoms with E-state index in [9.17, 15) is 9.90 Å². The predicted octanol–water partition coefficient (Wildman–Crippen LogP) is 1.17. The highest BCUT2D eigenvalue weighted by Gasteiger charge is 2.18. The second kappa shape index (κ2) is 5.79. The summed E-state index contributed by atoms with van der Waals surface area (Å²) in [6.07, 6.45) is 1.25. The third kappa shape index (κ3) is 3.29. The smallest absolute Gasteiger partial charge is 0.262 e. The SMILES string of the molecule is CCCC(O)CNc1cc2c(cc1N)OCC(=O)N2. The molecule has 0 aromatic heterocycles. The van der Waals surface area contributed by atoms with Crippen LogP contribution in [-0.2, 0) is 4.79 Å². The van der Waals surface area contributed by atoms with Crippen LogP contribution in [0, 0.1) is 0 Å². The fraction of sp³-hybridized carbons (Fsp3) is 0.462. The number of amides is 1. The summed E-state index contributed by atoms with van der Waals surface area (Å²) in [6.45, 7) is 2.45. The van der Waals surface area contributed by atoms with Crippen molar-refractivity contribution in [3.63, 3.8) is 0 Å². The maximum atomic E-state index is 11.2. The first kappa shape index (κ1) is 13.5. The number of aliphatic hydroxyl groups excluding tert-OH is 1. The first-order chi connectivity index (χ1) is 9.10. The summed E-state index contributed by atoms with van der Waals surface area (Å²) in [5, 5.41) is 15.5. The lowest BCUT2D eigenvalue weighted by atomic mass is 10.1. The number of nitrogens with one attached hydrogen (secondary N) is 2. The number of anilines is 3. The van der Waals surface area contributed by atoms with E-state index < -0.39 is 6.10 Å². The number of rotatable bonds is 5. The molecule has 1 aromatic rings. The molecule has 0 spiro atoms. The van der Waals surface area contributed by atoms with E-state index in [2.05, 4.69) is 10.6 Å². The molecule has 6 nitrogen and oxygen atoms in total. The number of hydrogen-bond donors (Lipinski definition) is 4. The van der Waals surface area contributed by atoms with E-state index in [4.69, 9.17) is 10.5 Å². The van der Waals surface area contributed by atoms with Crippen LogP contribution in [0.25, 0.3) is 0 Å². The molecular formula is C13H19N3O3. The summed E-state index contributed by atoms with van der Waals surface area (Å²) in [6, 6.07) is 3.39. The van der Waals surface area contributed by atoms with Gasteiger partial charge in [0, 0.05) is 12.6 Å². The highest BCUT2D eigenvalue weighted by atomic mass is 16.5. The van der Waals surface area contributed by atoms with Gasteiger partial charge in [-0.3, -0.25) is 4.79 Å². The molecule has 1 amide bonds. The largest absolute Gasteiger partial charge is 0.482 e. The van der Waals surface area contributed by atoms with Crippen LogP contribution in [0.3, 0.4) is 0 Å². The van der Waals surface area contributed by atoms with Gasteiger partial charge in [-0.25, -0.2) is 0 Å². The van der Waals surface area contributed by atoms with Gasteiger partial charge in [0.05, 0.1) is 23.2 Å². The number of fused-ring (bicyclic) bond motifs is 1. The van der Waals surface area contributed by atoms with Gasteiger partial charge in [-0.05, 0) is 12.5 Å². The topological polar surface area (TPSA) is 96.6 Å². The number of carbonyl (C=O) groups is 1. The molecule has 1 aromatic carbocycles. The van der Waals surface area contributed by atoms with E-state index in [1.165, 1.54) is 0 Å². The number of carbonyl (C=O) groups excluding carboxylic acids is 1. The number of hydrogen-bond acceptors (Lipinski definition) is 5. The van der Waals surface area contributed by atoms with Gasteiger partial charge in [-0.2, -0.15) is 0 Å². The molecule has 6 heteroatoms. The zero-order valence-corrected chi connectivity index (χ0v) is 10.9. The van der Waals surface area contributed by atoms with Gasteiger partial charge in [0.2, 0.25) is 0 Å². The molecule has 1 atom stereocenters. The lowest BCUT2D eigenvalue weighted by Gasteiger charge is -2.21. The van der Waals surface area contributed by atoms with Crippen LogP contribution in [-0.4, -0.2) is 30.3 Å². The fourth-order valence-electron chi connectivity index (χ4n) is 1.96. The minimum absolute atomic E-state index is 0.00836. The molecule has 0 saturated carbocycles. The van der Waals surface area contributed by atoms with Crippen molar-refractivity contribution >= 4 is 23.0 Å². The summed E-state index contributed by atoms with van der Waals surface area (Å²) in [5.74, 6) is 0.381. The summed E-state index contributed by atoms with van der Waals surface area (Å²) in [5.41, 5.74) is 7.70. The van der Waals surface area contributed by atoms with Crippen molar-refractivity contribution in [1.29, 1.82) is 0 Å². The zero-order chi connectivity index (χ0) is 13.8. The second-order valence-electron chi connectivity index (χ2n) is 4.60. The minimum atomic E-state index is -0.411. The Morgan fingerprint density at radius 1 is 1.58 bits per heavy atom. The molecular weight excluding hydrogens is 246 g/mol. The molecule has 19 heavy (non-hydrogen) atoms. The van der Waals surface area contributed by atoms with Gasteiger partial charge in [0.1, 0.15) is 5.75 Å². The first-order valence-corrected chi connectivity index (χ1v) is 6.38. The van der Waals surface area contributed by atoms with Crippen LogP contribution in [0.4, 0.5) is 17.1 Å². The molecule has 0 radical (unpaired) electrons. The zero-order valence-electron chi connectivity index (χ0n) is 10.9. The Morgan fingerprint density at radius 2 is 2.37 bits per heavy atom. The molecule has 2 rings (SSSR count). The summed E-state index contributed by atoms with van der Waals surface area (Å²) in [7, 11) is 0. The Balaban J connectivity index is 2.08. The molecule has 0 fully saturated rings. The van der Waals surface area contributed by atoms with Gasteiger partial charge in [0.15, 0.2) is 6.61 Å². The molecule has 1 heterocycles. The van der Waals surface area contributed by atoms with Crippen LogP contribution < -0.4 is 21.1 Å². The third-order valence-corrected chi connectivity index (χ3v) is 2.93. The van der Waals surface area contributed by atoms with Crippen molar-refractivity contribution in [2.24, 2.45) is 0 Å². The number of ether oxygens (including phenoxy) is 1. The van der Waals surface area contributed by atoms with Crippen molar-refractivity contribution in [1.82, 2.24) is 0 Å². The second-order valence-corrected chi connectivity index (χ2v) is 4.60. The van der Waals surface area contributed by atoms with E-state index in [1.54, 1.807) is 12.1 Å². The van der Waals surface area contributed by atoms with E-state index in [1.807, 2.05) is 6.92 Å². The van der Waals surface area contributed by atoms with Gasteiger partial charge < -0.3 is 26.2 Å². The van der Waals surface area contributed by atoms with E-state index >= 15 is 0 Å². The van der Waals surface area contributed by atoms with E-state index in [0.717, 1.165) is 12.8 Å². The van der Waals surface area contributed by atoms with Crippen LogP contribution >= 0.6 is 0 Å². The molecule has 0 aliphatic carbocycles. The summed E-state index contributed by atoms with van der Waals surface area (Å²) in [4.78, 5) is 11.2. The van der Waals surface area contributed by atoms with Crippen molar-refractivity contribution in [2.45, 2.75) is 25.9 Å². The van der Waals surface area contributed by atoms with Gasteiger partial charge in [0.25, 0.3) is 5.91 Å². The third-order valence-electron chi connectivity index (χ3n) is 2.93. The average molecular weight is 265 g/mol. The Bertz CT molecular complexity index is 476. The van der Waals surface area contributed by atoms with Crippen LogP contribution in [0.1, 0.15) is 19.8 Å². The van der Waals surface area contributed by atoms with E-state index in [-0.39, 0.29) is 12.5 Å². The van der Waals surface area contributed by atoms with Crippen molar-refractivity contribution in [3.05, 3.63) is 12.1 Å². The maximum absolute atomic E-state index is 11.2. The molecule has 0 bridgehead atoms. The molecule has 0 saturated heterocycles. The number of nitrogens with two attached hydrogens (primary N) is 1. The quantitative estimate of drug-likeness (QED) is 0.599. The minimum Gasteiger partial charge on any atom is -0.482 e. The van der Waals surface area contributed by atoms with E-state index in [0.29, 0.717) is 29.4 Å². The standard InChI is InChI=1S/C13H19N3O3/c1-2-3-8(17)6-15-10-5-11-12(4-9(10)14)19-7-13(18)16-11/h4-5,8,15,17H,2-3,6-7,14H2,1H3,(H,16,18). The highest BCUT2D eigenvalue weighted by Crippen LogP contribution is 2.35. The fourth-order valence-corrected chi connectivity index (χ4v) is 1.96. The number of aliphatic hydroxyl groups is 1. The Hall–Kier alpha value is -1.95. The molecule has 1 aliphatic rings. The molecule has 1 aliphatic heterocycles. The number of benzene rings is 1. The Labute approximate surface area is 111 Å². The van der Waals surface area contributed by atoms with Crippen molar-refractivity contribution in [3.8, 4) is 5.75 Å². The van der Waals surface area contributed by atoms with Crippen LogP contribution in [0.2, 0.25) is 0 Å².